The third-order valence-corrected chi connectivity index (χ3v) is 2.31. The zero-order valence-corrected chi connectivity index (χ0v) is 8.68. The van der Waals surface area contributed by atoms with Crippen molar-refractivity contribution in [2.45, 2.75) is 6.54 Å². The predicted molar refractivity (Wildman–Crippen MR) is 57.4 cm³/mol. The van der Waals surface area contributed by atoms with Crippen LogP contribution in [0.2, 0.25) is 10.3 Å². The van der Waals surface area contributed by atoms with Crippen molar-refractivity contribution in [2.24, 2.45) is 5.73 Å². The van der Waals surface area contributed by atoms with E-state index in [9.17, 15) is 0 Å². The Kier molecular flexibility index (Phi) is 2.54. The van der Waals surface area contributed by atoms with Gasteiger partial charge in [-0.1, -0.05) is 11.6 Å². The summed E-state index contributed by atoms with van der Waals surface area (Å²) in [7, 11) is 0. The Hall–Kier alpha value is -0.900. The van der Waals surface area contributed by atoms with Crippen LogP contribution in [0.4, 0.5) is 0 Å². The molecule has 0 aliphatic heterocycles. The molecule has 0 radical (unpaired) electrons. The van der Waals surface area contributed by atoms with E-state index in [-0.39, 0.29) is 5.28 Å². The van der Waals surface area contributed by atoms with Gasteiger partial charge in [0.15, 0.2) is 0 Å². The number of hydrogen-bond donors (Lipinski definition) is 1. The Labute approximate surface area is 90.9 Å². The quantitative estimate of drug-likeness (QED) is 0.762. The van der Waals surface area contributed by atoms with Crippen LogP contribution in [-0.2, 0) is 6.54 Å². The maximum absolute atomic E-state index is 5.83. The molecule has 0 spiro atoms. The maximum atomic E-state index is 5.83. The molecule has 1 aromatic heterocycles. The van der Waals surface area contributed by atoms with E-state index in [1.807, 2.05) is 6.07 Å². The van der Waals surface area contributed by atoms with Crippen molar-refractivity contribution in [3.8, 4) is 0 Å². The lowest BCUT2D eigenvalue weighted by Crippen LogP contribution is -2.02. The van der Waals surface area contributed by atoms with Crippen LogP contribution >= 0.6 is 23.2 Å². The number of hydrogen-bond acceptors (Lipinski definition) is 3. The summed E-state index contributed by atoms with van der Waals surface area (Å²) in [6.45, 7) is 0.334. The van der Waals surface area contributed by atoms with Gasteiger partial charge in [0.25, 0.3) is 0 Å². The number of nitrogens with zero attached hydrogens (tertiary/aromatic N) is 2. The molecule has 1 aromatic carbocycles. The van der Waals surface area contributed by atoms with Crippen molar-refractivity contribution in [1.29, 1.82) is 0 Å². The molecule has 3 nitrogen and oxygen atoms in total. The molecule has 0 atom stereocenters. The normalized spacial score (nSPS) is 10.8. The average molecular weight is 228 g/mol. The molecular formula is C9H7Cl2N3. The molecule has 0 fully saturated rings. The molecule has 0 unspecified atom stereocenters. The fraction of sp³-hybridized carbons (Fsp3) is 0.111. The van der Waals surface area contributed by atoms with Crippen LogP contribution in [0.3, 0.4) is 0 Å². The number of aromatic nitrogens is 2. The van der Waals surface area contributed by atoms with E-state index in [0.29, 0.717) is 11.6 Å². The molecule has 1 heterocycles. The maximum Gasteiger partial charge on any atom is 0.223 e. The Balaban J connectivity index is 2.81. The SMILES string of the molecule is NCc1nc(Cl)nc2cc(Cl)ccc12. The first kappa shape index (κ1) is 9.65. The van der Waals surface area contributed by atoms with Gasteiger partial charge in [-0.15, -0.1) is 0 Å². The second-order valence-corrected chi connectivity index (χ2v) is 3.58. The summed E-state index contributed by atoms with van der Waals surface area (Å²) in [6, 6.07) is 5.36. The number of fused-ring (bicyclic) bond motifs is 1. The highest BCUT2D eigenvalue weighted by Crippen LogP contribution is 2.21. The highest BCUT2D eigenvalue weighted by Gasteiger charge is 2.05. The Morgan fingerprint density at radius 3 is 2.71 bits per heavy atom. The lowest BCUT2D eigenvalue weighted by Gasteiger charge is -2.03. The first-order valence-corrected chi connectivity index (χ1v) is 4.78. The van der Waals surface area contributed by atoms with Crippen LogP contribution in [0.5, 0.6) is 0 Å². The molecule has 72 valence electrons. The van der Waals surface area contributed by atoms with E-state index < -0.39 is 0 Å². The van der Waals surface area contributed by atoms with Gasteiger partial charge in [-0.05, 0) is 29.8 Å². The summed E-state index contributed by atoms with van der Waals surface area (Å²) in [5.74, 6) is 0. The molecule has 2 N–H and O–H groups in total. The molecular weight excluding hydrogens is 221 g/mol. The van der Waals surface area contributed by atoms with Crippen LogP contribution in [0, 0.1) is 0 Å². The molecule has 2 aromatic rings. The van der Waals surface area contributed by atoms with Crippen LogP contribution in [0.1, 0.15) is 5.69 Å². The van der Waals surface area contributed by atoms with Crippen molar-refractivity contribution >= 4 is 34.1 Å². The van der Waals surface area contributed by atoms with Crippen LogP contribution in [-0.4, -0.2) is 9.97 Å². The van der Waals surface area contributed by atoms with Crippen molar-refractivity contribution < 1.29 is 0 Å². The molecule has 0 aliphatic rings. The molecule has 0 amide bonds. The summed E-state index contributed by atoms with van der Waals surface area (Å²) >= 11 is 11.6. The van der Waals surface area contributed by atoms with Crippen molar-refractivity contribution in [3.63, 3.8) is 0 Å². The van der Waals surface area contributed by atoms with Gasteiger partial charge in [0.05, 0.1) is 11.2 Å². The highest BCUT2D eigenvalue weighted by molar-refractivity contribution is 6.31. The smallest absolute Gasteiger partial charge is 0.223 e. The summed E-state index contributed by atoms with van der Waals surface area (Å²) in [5, 5.41) is 1.71. The van der Waals surface area contributed by atoms with Gasteiger partial charge < -0.3 is 5.73 Å². The minimum absolute atomic E-state index is 0.195. The predicted octanol–water partition coefficient (Wildman–Crippen LogP) is 2.40. The van der Waals surface area contributed by atoms with E-state index in [0.717, 1.165) is 16.6 Å². The third kappa shape index (κ3) is 1.66. The second kappa shape index (κ2) is 3.69. The van der Waals surface area contributed by atoms with E-state index in [1.54, 1.807) is 12.1 Å². The van der Waals surface area contributed by atoms with Gasteiger partial charge in [0.1, 0.15) is 0 Å². The summed E-state index contributed by atoms with van der Waals surface area (Å²) < 4.78 is 0. The molecule has 0 bridgehead atoms. The van der Waals surface area contributed by atoms with Gasteiger partial charge in [-0.3, -0.25) is 0 Å². The van der Waals surface area contributed by atoms with E-state index in [1.165, 1.54) is 0 Å². The van der Waals surface area contributed by atoms with Gasteiger partial charge in [0, 0.05) is 17.0 Å². The number of halogens is 2. The third-order valence-electron chi connectivity index (χ3n) is 1.90. The Morgan fingerprint density at radius 2 is 2.00 bits per heavy atom. The fourth-order valence-electron chi connectivity index (χ4n) is 1.29. The largest absolute Gasteiger partial charge is 0.325 e. The molecule has 14 heavy (non-hydrogen) atoms. The van der Waals surface area contributed by atoms with Gasteiger partial charge in [-0.2, -0.15) is 0 Å². The van der Waals surface area contributed by atoms with Crippen LogP contribution in [0.15, 0.2) is 18.2 Å². The zero-order valence-electron chi connectivity index (χ0n) is 7.17. The molecule has 5 heteroatoms. The standard InChI is InChI=1S/C9H7Cl2N3/c10-5-1-2-6-7(3-5)13-9(11)14-8(6)4-12/h1-3H,4,12H2. The van der Waals surface area contributed by atoms with E-state index >= 15 is 0 Å². The van der Waals surface area contributed by atoms with E-state index in [2.05, 4.69) is 9.97 Å². The first-order valence-electron chi connectivity index (χ1n) is 4.02. The zero-order chi connectivity index (χ0) is 10.1. The second-order valence-electron chi connectivity index (χ2n) is 2.80. The van der Waals surface area contributed by atoms with Crippen LogP contribution in [0.25, 0.3) is 10.9 Å². The topological polar surface area (TPSA) is 51.8 Å². The Bertz CT molecular complexity index is 479. The van der Waals surface area contributed by atoms with Crippen molar-refractivity contribution in [1.82, 2.24) is 9.97 Å². The summed E-state index contributed by atoms with van der Waals surface area (Å²) in [4.78, 5) is 8.10. The lowest BCUT2D eigenvalue weighted by molar-refractivity contribution is 0.991. The molecule has 2 rings (SSSR count). The molecule has 0 aliphatic carbocycles. The van der Waals surface area contributed by atoms with E-state index in [4.69, 9.17) is 28.9 Å². The molecule has 0 saturated carbocycles. The monoisotopic (exact) mass is 227 g/mol. The first-order chi connectivity index (χ1) is 6.70. The van der Waals surface area contributed by atoms with Crippen molar-refractivity contribution in [2.75, 3.05) is 0 Å². The number of benzene rings is 1. The van der Waals surface area contributed by atoms with Gasteiger partial charge in [-0.25, -0.2) is 9.97 Å². The summed E-state index contributed by atoms with van der Waals surface area (Å²) in [6.07, 6.45) is 0. The highest BCUT2D eigenvalue weighted by atomic mass is 35.5. The fourth-order valence-corrected chi connectivity index (χ4v) is 1.65. The average Bonchev–Trinajstić information content (AvgIpc) is 2.15. The van der Waals surface area contributed by atoms with Gasteiger partial charge in [0.2, 0.25) is 5.28 Å². The number of rotatable bonds is 1. The number of nitrogens with two attached hydrogens (primary N) is 1. The lowest BCUT2D eigenvalue weighted by atomic mass is 10.2. The summed E-state index contributed by atoms with van der Waals surface area (Å²) in [5.41, 5.74) is 6.99. The molecule has 0 saturated heterocycles. The minimum Gasteiger partial charge on any atom is -0.325 e. The van der Waals surface area contributed by atoms with Crippen molar-refractivity contribution in [3.05, 3.63) is 34.2 Å². The minimum atomic E-state index is 0.195. The van der Waals surface area contributed by atoms with Gasteiger partial charge >= 0.3 is 0 Å². The van der Waals surface area contributed by atoms with Crippen LogP contribution < -0.4 is 5.73 Å². The Morgan fingerprint density at radius 1 is 1.21 bits per heavy atom.